The molecule has 2 rings (SSSR count). The van der Waals surface area contributed by atoms with Crippen LogP contribution in [0.25, 0.3) is 0 Å². The Morgan fingerprint density at radius 3 is 2.74 bits per heavy atom. The Bertz CT molecular complexity index is 449. The first kappa shape index (κ1) is 14.2. The van der Waals surface area contributed by atoms with Crippen LogP contribution in [0.2, 0.25) is 5.02 Å². The molecule has 4 nitrogen and oxygen atoms in total. The molecule has 19 heavy (non-hydrogen) atoms. The Labute approximate surface area is 118 Å². The summed E-state index contributed by atoms with van der Waals surface area (Å²) in [6, 6.07) is 7.28. The number of methoxy groups -OCH3 is 1. The van der Waals surface area contributed by atoms with Crippen molar-refractivity contribution in [3.63, 3.8) is 0 Å². The molecule has 3 N–H and O–H groups in total. The van der Waals surface area contributed by atoms with Gasteiger partial charge in [0.2, 0.25) is 5.91 Å². The maximum Gasteiger partial charge on any atom is 0.243 e. The van der Waals surface area contributed by atoms with E-state index in [0.29, 0.717) is 11.4 Å². The molecular formula is C14H19ClN2O2. The topological polar surface area (TPSA) is 64.3 Å². The monoisotopic (exact) mass is 282 g/mol. The van der Waals surface area contributed by atoms with Gasteiger partial charge in [0.1, 0.15) is 5.54 Å². The van der Waals surface area contributed by atoms with Crippen molar-refractivity contribution in [3.8, 4) is 0 Å². The lowest BCUT2D eigenvalue weighted by Gasteiger charge is -2.39. The number of benzene rings is 1. The van der Waals surface area contributed by atoms with Gasteiger partial charge in [-0.1, -0.05) is 11.6 Å². The van der Waals surface area contributed by atoms with Crippen LogP contribution in [-0.2, 0) is 9.53 Å². The number of carbonyl (C=O) groups is 1. The molecule has 2 atom stereocenters. The van der Waals surface area contributed by atoms with Crippen LogP contribution in [0.3, 0.4) is 0 Å². The van der Waals surface area contributed by atoms with Crippen molar-refractivity contribution in [1.82, 2.24) is 0 Å². The largest absolute Gasteiger partial charge is 0.381 e. The number of nitrogens with two attached hydrogens (primary N) is 1. The van der Waals surface area contributed by atoms with E-state index in [1.165, 1.54) is 0 Å². The SMILES string of the molecule is COC1CCCC(Nc2ccc(Cl)cc2)(C(N)=O)C1. The molecule has 1 aromatic rings. The number of primary amides is 1. The van der Waals surface area contributed by atoms with Crippen LogP contribution in [-0.4, -0.2) is 24.7 Å². The molecule has 0 heterocycles. The van der Waals surface area contributed by atoms with Crippen LogP contribution < -0.4 is 11.1 Å². The fourth-order valence-electron chi connectivity index (χ4n) is 2.63. The Morgan fingerprint density at radius 1 is 1.47 bits per heavy atom. The summed E-state index contributed by atoms with van der Waals surface area (Å²) >= 11 is 5.86. The first-order valence-corrected chi connectivity index (χ1v) is 6.80. The number of ether oxygens (including phenoxy) is 1. The number of halogens is 1. The highest BCUT2D eigenvalue weighted by Gasteiger charge is 2.41. The molecular weight excluding hydrogens is 264 g/mol. The summed E-state index contributed by atoms with van der Waals surface area (Å²) in [7, 11) is 1.67. The number of nitrogens with one attached hydrogen (secondary N) is 1. The number of hydrogen-bond acceptors (Lipinski definition) is 3. The average molecular weight is 283 g/mol. The van der Waals surface area contributed by atoms with E-state index < -0.39 is 5.54 Å². The van der Waals surface area contributed by atoms with Gasteiger partial charge in [-0.25, -0.2) is 0 Å². The molecule has 0 saturated heterocycles. The minimum atomic E-state index is -0.729. The van der Waals surface area contributed by atoms with Crippen LogP contribution in [0.5, 0.6) is 0 Å². The lowest BCUT2D eigenvalue weighted by molar-refractivity contribution is -0.125. The summed E-state index contributed by atoms with van der Waals surface area (Å²) in [5, 5.41) is 3.94. The molecule has 1 aliphatic rings. The van der Waals surface area contributed by atoms with Crippen molar-refractivity contribution in [2.24, 2.45) is 5.73 Å². The second kappa shape index (κ2) is 5.80. The lowest BCUT2D eigenvalue weighted by Crippen LogP contribution is -2.54. The van der Waals surface area contributed by atoms with Crippen LogP contribution in [0, 0.1) is 0 Å². The zero-order chi connectivity index (χ0) is 13.9. The van der Waals surface area contributed by atoms with E-state index in [0.717, 1.165) is 24.9 Å². The third kappa shape index (κ3) is 3.19. The van der Waals surface area contributed by atoms with E-state index in [1.54, 1.807) is 19.2 Å². The Morgan fingerprint density at radius 2 is 2.16 bits per heavy atom. The Kier molecular flexibility index (Phi) is 4.32. The maximum atomic E-state index is 11.9. The van der Waals surface area contributed by atoms with Crippen molar-refractivity contribution < 1.29 is 9.53 Å². The second-order valence-corrected chi connectivity index (χ2v) is 5.47. The highest BCUT2D eigenvalue weighted by molar-refractivity contribution is 6.30. The molecule has 0 spiro atoms. The van der Waals surface area contributed by atoms with Crippen LogP contribution in [0.1, 0.15) is 25.7 Å². The van der Waals surface area contributed by atoms with Gasteiger partial charge >= 0.3 is 0 Å². The number of hydrogen-bond donors (Lipinski definition) is 2. The van der Waals surface area contributed by atoms with Crippen molar-refractivity contribution in [3.05, 3.63) is 29.3 Å². The zero-order valence-electron chi connectivity index (χ0n) is 11.0. The first-order valence-electron chi connectivity index (χ1n) is 6.42. The molecule has 1 aliphatic carbocycles. The van der Waals surface area contributed by atoms with E-state index in [-0.39, 0.29) is 12.0 Å². The molecule has 2 unspecified atom stereocenters. The number of carbonyl (C=O) groups excluding carboxylic acids is 1. The Balaban J connectivity index is 2.19. The normalized spacial score (nSPS) is 26.9. The summed E-state index contributed by atoms with van der Waals surface area (Å²) in [4.78, 5) is 11.9. The molecule has 104 valence electrons. The van der Waals surface area contributed by atoms with Gasteiger partial charge in [-0.3, -0.25) is 4.79 Å². The van der Waals surface area contributed by atoms with Crippen LogP contribution in [0.4, 0.5) is 5.69 Å². The van der Waals surface area contributed by atoms with Gasteiger partial charge in [-0.15, -0.1) is 0 Å². The van der Waals surface area contributed by atoms with E-state index >= 15 is 0 Å². The Hall–Kier alpha value is -1.26. The number of amides is 1. The second-order valence-electron chi connectivity index (χ2n) is 5.03. The summed E-state index contributed by atoms with van der Waals surface area (Å²) in [6.07, 6.45) is 3.28. The molecule has 1 fully saturated rings. The molecule has 0 aromatic heterocycles. The summed E-state index contributed by atoms with van der Waals surface area (Å²) in [5.41, 5.74) is 5.73. The summed E-state index contributed by atoms with van der Waals surface area (Å²) in [5.74, 6) is -0.329. The van der Waals surface area contributed by atoms with Gasteiger partial charge < -0.3 is 15.8 Å². The predicted octanol–water partition coefficient (Wildman–Crippen LogP) is 2.57. The number of rotatable bonds is 4. The van der Waals surface area contributed by atoms with Gasteiger partial charge in [-0.2, -0.15) is 0 Å². The molecule has 0 radical (unpaired) electrons. The minimum absolute atomic E-state index is 0.0704. The van der Waals surface area contributed by atoms with Gasteiger partial charge in [0.05, 0.1) is 6.10 Å². The summed E-state index contributed by atoms with van der Waals surface area (Å²) in [6.45, 7) is 0. The average Bonchev–Trinajstić information content (AvgIpc) is 2.41. The number of anilines is 1. The molecule has 0 aliphatic heterocycles. The maximum absolute atomic E-state index is 11.9. The fourth-order valence-corrected chi connectivity index (χ4v) is 2.76. The van der Waals surface area contributed by atoms with Crippen molar-refractivity contribution >= 4 is 23.2 Å². The van der Waals surface area contributed by atoms with E-state index in [4.69, 9.17) is 22.1 Å². The van der Waals surface area contributed by atoms with Gasteiger partial charge in [0.25, 0.3) is 0 Å². The van der Waals surface area contributed by atoms with Gasteiger partial charge in [0, 0.05) is 24.2 Å². The molecule has 1 saturated carbocycles. The van der Waals surface area contributed by atoms with Crippen molar-refractivity contribution in [2.45, 2.75) is 37.3 Å². The lowest BCUT2D eigenvalue weighted by atomic mass is 9.79. The quantitative estimate of drug-likeness (QED) is 0.892. The van der Waals surface area contributed by atoms with Crippen LogP contribution >= 0.6 is 11.6 Å². The van der Waals surface area contributed by atoms with Gasteiger partial charge in [0.15, 0.2) is 0 Å². The summed E-state index contributed by atoms with van der Waals surface area (Å²) < 4.78 is 5.38. The molecule has 5 heteroatoms. The first-order chi connectivity index (χ1) is 9.05. The molecule has 0 bridgehead atoms. The third-order valence-corrected chi connectivity index (χ3v) is 3.99. The van der Waals surface area contributed by atoms with Crippen molar-refractivity contribution in [1.29, 1.82) is 0 Å². The highest BCUT2D eigenvalue weighted by atomic mass is 35.5. The van der Waals surface area contributed by atoms with Crippen LogP contribution in [0.15, 0.2) is 24.3 Å². The van der Waals surface area contributed by atoms with E-state index in [9.17, 15) is 4.79 Å². The van der Waals surface area contributed by atoms with Crippen molar-refractivity contribution in [2.75, 3.05) is 12.4 Å². The molecule has 1 amide bonds. The minimum Gasteiger partial charge on any atom is -0.381 e. The van der Waals surface area contributed by atoms with E-state index in [2.05, 4.69) is 5.32 Å². The molecule has 1 aromatic carbocycles. The standard InChI is InChI=1S/C14H19ClN2O2/c1-19-12-3-2-8-14(9-12,13(16)18)17-11-6-4-10(15)5-7-11/h4-7,12,17H,2-3,8-9H2,1H3,(H2,16,18). The predicted molar refractivity (Wildman–Crippen MR) is 76.3 cm³/mol. The van der Waals surface area contributed by atoms with Gasteiger partial charge in [-0.05, 0) is 43.5 Å². The fraction of sp³-hybridized carbons (Fsp3) is 0.500. The zero-order valence-corrected chi connectivity index (χ0v) is 11.7. The smallest absolute Gasteiger partial charge is 0.243 e. The third-order valence-electron chi connectivity index (χ3n) is 3.74. The highest BCUT2D eigenvalue weighted by Crippen LogP contribution is 2.33. The van der Waals surface area contributed by atoms with E-state index in [1.807, 2.05) is 12.1 Å².